The molecule has 3 aromatic heterocycles. The minimum absolute atomic E-state index is 0.115. The molecule has 0 fully saturated rings. The van der Waals surface area contributed by atoms with Crippen LogP contribution < -0.4 is 0 Å². The quantitative estimate of drug-likeness (QED) is 0.734. The van der Waals surface area contributed by atoms with E-state index in [2.05, 4.69) is 37.8 Å². The first kappa shape index (κ1) is 15.0. The summed E-state index contributed by atoms with van der Waals surface area (Å²) in [6, 6.07) is 3.74. The summed E-state index contributed by atoms with van der Waals surface area (Å²) in [5.74, 6) is 2.33. The maximum atomic E-state index is 5.42. The lowest BCUT2D eigenvalue weighted by molar-refractivity contribution is 0.341. The Hall–Kier alpha value is -1.95. The number of hydrogen-bond acceptors (Lipinski definition) is 5. The van der Waals surface area contributed by atoms with Crippen LogP contribution in [-0.4, -0.2) is 19.7 Å². The Morgan fingerprint density at radius 3 is 2.68 bits per heavy atom. The van der Waals surface area contributed by atoms with Gasteiger partial charge in [0, 0.05) is 11.3 Å². The highest BCUT2D eigenvalue weighted by Gasteiger charge is 2.22. The van der Waals surface area contributed by atoms with E-state index in [9.17, 15) is 0 Å². The van der Waals surface area contributed by atoms with Crippen LogP contribution in [0.4, 0.5) is 0 Å². The van der Waals surface area contributed by atoms with Gasteiger partial charge in [0.15, 0.2) is 5.76 Å². The van der Waals surface area contributed by atoms with Gasteiger partial charge in [-0.05, 0) is 46.2 Å². The second kappa shape index (κ2) is 5.68. The highest BCUT2D eigenvalue weighted by molar-refractivity contribution is 7.09. The Kier molecular flexibility index (Phi) is 3.87. The third-order valence-corrected chi connectivity index (χ3v) is 4.47. The van der Waals surface area contributed by atoms with Gasteiger partial charge in [-0.3, -0.25) is 0 Å². The molecule has 0 saturated heterocycles. The molecule has 0 aliphatic carbocycles. The van der Waals surface area contributed by atoms with E-state index in [0.717, 1.165) is 24.4 Å². The highest BCUT2D eigenvalue weighted by Crippen LogP contribution is 2.23. The molecule has 22 heavy (non-hydrogen) atoms. The van der Waals surface area contributed by atoms with Gasteiger partial charge in [0.25, 0.3) is 0 Å². The van der Waals surface area contributed by atoms with Crippen LogP contribution in [0.1, 0.15) is 37.2 Å². The number of nitrogens with zero attached hydrogens (tertiary/aromatic N) is 4. The van der Waals surface area contributed by atoms with Gasteiger partial charge >= 0.3 is 0 Å². The summed E-state index contributed by atoms with van der Waals surface area (Å²) < 4.78 is 7.42. The molecule has 3 aromatic rings. The number of furan rings is 1. The van der Waals surface area contributed by atoms with Crippen molar-refractivity contribution in [2.45, 2.75) is 46.1 Å². The van der Waals surface area contributed by atoms with Crippen molar-refractivity contribution in [1.82, 2.24) is 19.7 Å². The monoisotopic (exact) mass is 316 g/mol. The van der Waals surface area contributed by atoms with Crippen molar-refractivity contribution >= 4 is 11.3 Å². The Morgan fingerprint density at radius 1 is 1.27 bits per heavy atom. The van der Waals surface area contributed by atoms with Gasteiger partial charge in [-0.15, -0.1) is 16.4 Å². The van der Waals surface area contributed by atoms with Crippen molar-refractivity contribution in [3.8, 4) is 11.6 Å². The summed E-state index contributed by atoms with van der Waals surface area (Å²) in [6.07, 6.45) is 3.42. The van der Waals surface area contributed by atoms with Crippen molar-refractivity contribution in [2.75, 3.05) is 0 Å². The van der Waals surface area contributed by atoms with Crippen LogP contribution in [-0.2, 0) is 18.4 Å². The SMILES string of the molecule is Cc1ncsc1CCc1nc(-c2ccco2)nn1C(C)(C)C. The molecule has 0 saturated carbocycles. The molecule has 0 aliphatic rings. The minimum Gasteiger partial charge on any atom is -0.461 e. The second-order valence-electron chi connectivity index (χ2n) is 6.27. The normalized spacial score (nSPS) is 12.0. The smallest absolute Gasteiger partial charge is 0.217 e. The van der Waals surface area contributed by atoms with E-state index >= 15 is 0 Å². The molecule has 0 atom stereocenters. The zero-order valence-electron chi connectivity index (χ0n) is 13.3. The minimum atomic E-state index is -0.115. The predicted octanol–water partition coefficient (Wildman–Crippen LogP) is 3.84. The predicted molar refractivity (Wildman–Crippen MR) is 87.0 cm³/mol. The van der Waals surface area contributed by atoms with E-state index in [0.29, 0.717) is 11.6 Å². The number of thiazole rings is 1. The molecule has 0 aliphatic heterocycles. The van der Waals surface area contributed by atoms with E-state index in [1.165, 1.54) is 4.88 Å². The number of hydrogen-bond donors (Lipinski definition) is 0. The fraction of sp³-hybridized carbons (Fsp3) is 0.438. The first-order valence-electron chi connectivity index (χ1n) is 7.34. The van der Waals surface area contributed by atoms with Crippen LogP contribution in [0.3, 0.4) is 0 Å². The van der Waals surface area contributed by atoms with Crippen molar-refractivity contribution in [3.05, 3.63) is 40.3 Å². The van der Waals surface area contributed by atoms with E-state index in [1.807, 2.05) is 22.3 Å². The molecular weight excluding hydrogens is 296 g/mol. The molecular formula is C16H20N4OS. The van der Waals surface area contributed by atoms with E-state index < -0.39 is 0 Å². The van der Waals surface area contributed by atoms with Crippen LogP contribution >= 0.6 is 11.3 Å². The second-order valence-corrected chi connectivity index (χ2v) is 7.21. The van der Waals surface area contributed by atoms with Gasteiger partial charge in [0.05, 0.1) is 23.0 Å². The lowest BCUT2D eigenvalue weighted by Crippen LogP contribution is -2.25. The summed E-state index contributed by atoms with van der Waals surface area (Å²) >= 11 is 1.70. The van der Waals surface area contributed by atoms with Gasteiger partial charge in [-0.1, -0.05) is 0 Å². The molecule has 0 unspecified atom stereocenters. The highest BCUT2D eigenvalue weighted by atomic mass is 32.1. The van der Waals surface area contributed by atoms with Crippen molar-refractivity contribution in [1.29, 1.82) is 0 Å². The first-order chi connectivity index (χ1) is 10.4. The summed E-state index contributed by atoms with van der Waals surface area (Å²) in [7, 11) is 0. The van der Waals surface area contributed by atoms with Gasteiger partial charge < -0.3 is 4.42 Å². The molecule has 0 aromatic carbocycles. The fourth-order valence-corrected chi connectivity index (χ4v) is 3.13. The third kappa shape index (κ3) is 2.97. The molecule has 0 bridgehead atoms. The average molecular weight is 316 g/mol. The lowest BCUT2D eigenvalue weighted by Gasteiger charge is -2.21. The number of aromatic nitrogens is 4. The maximum absolute atomic E-state index is 5.42. The Morgan fingerprint density at radius 2 is 2.09 bits per heavy atom. The van der Waals surface area contributed by atoms with Gasteiger partial charge in [-0.2, -0.15) is 0 Å². The van der Waals surface area contributed by atoms with E-state index in [1.54, 1.807) is 17.6 Å². The summed E-state index contributed by atoms with van der Waals surface area (Å²) in [5, 5.41) is 4.65. The molecule has 0 radical (unpaired) electrons. The summed E-state index contributed by atoms with van der Waals surface area (Å²) in [6.45, 7) is 8.45. The van der Waals surface area contributed by atoms with Crippen LogP contribution in [0.2, 0.25) is 0 Å². The van der Waals surface area contributed by atoms with Crippen molar-refractivity contribution in [2.24, 2.45) is 0 Å². The molecule has 0 N–H and O–H groups in total. The zero-order valence-corrected chi connectivity index (χ0v) is 14.1. The Balaban J connectivity index is 1.90. The molecule has 5 nitrogen and oxygen atoms in total. The third-order valence-electron chi connectivity index (χ3n) is 3.47. The van der Waals surface area contributed by atoms with Crippen molar-refractivity contribution < 1.29 is 4.42 Å². The van der Waals surface area contributed by atoms with E-state index in [4.69, 9.17) is 9.40 Å². The van der Waals surface area contributed by atoms with Gasteiger partial charge in [-0.25, -0.2) is 14.6 Å². The zero-order chi connectivity index (χ0) is 15.7. The van der Waals surface area contributed by atoms with Crippen LogP contribution in [0.25, 0.3) is 11.6 Å². The molecule has 116 valence electrons. The molecule has 3 rings (SSSR count). The molecule has 0 spiro atoms. The van der Waals surface area contributed by atoms with E-state index in [-0.39, 0.29) is 5.54 Å². The van der Waals surface area contributed by atoms with Crippen LogP contribution in [0, 0.1) is 6.92 Å². The summed E-state index contributed by atoms with van der Waals surface area (Å²) in [4.78, 5) is 10.3. The number of aryl methyl sites for hydroxylation is 3. The number of rotatable bonds is 4. The topological polar surface area (TPSA) is 56.7 Å². The summed E-state index contributed by atoms with van der Waals surface area (Å²) in [5.41, 5.74) is 2.89. The van der Waals surface area contributed by atoms with Gasteiger partial charge in [0.1, 0.15) is 5.82 Å². The molecule has 3 heterocycles. The standard InChI is InChI=1S/C16H20N4OS/c1-11-13(22-10-17-11)7-8-14-18-15(12-6-5-9-21-12)19-20(14)16(2,3)4/h5-6,9-10H,7-8H2,1-4H3. The lowest BCUT2D eigenvalue weighted by atomic mass is 10.1. The average Bonchev–Trinajstić information content (AvgIpc) is 3.15. The fourth-order valence-electron chi connectivity index (χ4n) is 2.35. The van der Waals surface area contributed by atoms with Crippen LogP contribution in [0.5, 0.6) is 0 Å². The van der Waals surface area contributed by atoms with Crippen LogP contribution in [0.15, 0.2) is 28.3 Å². The van der Waals surface area contributed by atoms with Crippen molar-refractivity contribution in [3.63, 3.8) is 0 Å². The Labute approximate surface area is 134 Å². The molecule has 0 amide bonds. The first-order valence-corrected chi connectivity index (χ1v) is 8.22. The maximum Gasteiger partial charge on any atom is 0.217 e. The van der Waals surface area contributed by atoms with Gasteiger partial charge in [0.2, 0.25) is 5.82 Å². The largest absolute Gasteiger partial charge is 0.461 e. The Bertz CT molecular complexity index is 750. The molecule has 6 heteroatoms.